The van der Waals surface area contributed by atoms with Crippen LogP contribution in [0.4, 0.5) is 33.5 Å². The van der Waals surface area contributed by atoms with E-state index < -0.39 is 53.6 Å². The molecule has 3 amide bonds. The minimum absolute atomic E-state index is 0.00795. The monoisotopic (exact) mass is 1590 g/mol. The van der Waals surface area contributed by atoms with Crippen molar-refractivity contribution >= 4 is 106 Å². The van der Waals surface area contributed by atoms with Crippen LogP contribution in [0.2, 0.25) is 10.0 Å². The van der Waals surface area contributed by atoms with Crippen LogP contribution in [0.1, 0.15) is 157 Å². The van der Waals surface area contributed by atoms with Crippen LogP contribution >= 0.6 is 23.2 Å². The summed E-state index contributed by atoms with van der Waals surface area (Å²) in [4.78, 5) is 71.5. The molecular formula is C78H93Cl2FN14O11S3. The van der Waals surface area contributed by atoms with Crippen molar-refractivity contribution in [2.24, 2.45) is 35.5 Å². The van der Waals surface area contributed by atoms with Crippen molar-refractivity contribution < 1.29 is 53.5 Å². The molecule has 4 unspecified atom stereocenters. The number of nitrogens with two attached hydrogens (primary N) is 2. The van der Waals surface area contributed by atoms with Gasteiger partial charge in [-0.3, -0.25) is 14.4 Å². The fourth-order valence-electron chi connectivity index (χ4n) is 13.9. The largest absolute Gasteiger partial charge is 0.493 e. The van der Waals surface area contributed by atoms with Gasteiger partial charge < -0.3 is 35.6 Å². The number of halogens is 3. The van der Waals surface area contributed by atoms with Crippen LogP contribution in [0, 0.1) is 41.3 Å². The number of nitrogens with one attached hydrogen (secondary N) is 3. The number of hydrogen-bond donors (Lipinski definition) is 5. The van der Waals surface area contributed by atoms with Gasteiger partial charge in [0.05, 0.1) is 39.0 Å². The number of nitrogen functional groups attached to an aromatic ring is 2. The number of sulfonamides is 3. The van der Waals surface area contributed by atoms with Crippen LogP contribution < -0.4 is 49.8 Å². The highest BCUT2D eigenvalue weighted by Gasteiger charge is 2.41. The maximum absolute atomic E-state index is 14.5. The number of nitrogens with zero attached hydrogens (tertiary/aromatic N) is 9. The molecular weight excluding hydrogens is 1500 g/mol. The first-order chi connectivity index (χ1) is 51.4. The van der Waals surface area contributed by atoms with E-state index in [4.69, 9.17) is 49.1 Å². The minimum atomic E-state index is -4.30. The molecule has 2 aromatic carbocycles. The average molecular weight is 1590 g/mol. The summed E-state index contributed by atoms with van der Waals surface area (Å²) in [7, 11) is -12.8. The predicted molar refractivity (Wildman–Crippen MR) is 422 cm³/mol. The highest BCUT2D eigenvalue weighted by molar-refractivity contribution is 7.90. The van der Waals surface area contributed by atoms with E-state index >= 15 is 0 Å². The summed E-state index contributed by atoms with van der Waals surface area (Å²) in [6.45, 7) is 24.1. The Morgan fingerprint density at radius 3 is 1.71 bits per heavy atom. The topological polar surface area (TPSA) is 347 Å². The first-order valence-electron chi connectivity index (χ1n) is 36.1. The number of carbonyl (C=O) groups excluding carboxylic acids is 3. The average Bonchev–Trinajstić information content (AvgIpc) is 1.70. The minimum Gasteiger partial charge on any atom is -0.493 e. The Labute approximate surface area is 647 Å². The molecule has 8 aromatic rings. The molecule has 4 fully saturated rings. The molecule has 9 heterocycles. The van der Waals surface area contributed by atoms with E-state index in [-0.39, 0.29) is 71.3 Å². The highest BCUT2D eigenvalue weighted by atomic mass is 35.5. The smallest absolute Gasteiger partial charge is 0.281 e. The summed E-state index contributed by atoms with van der Waals surface area (Å²) in [6.07, 6.45) is 16.4. The molecule has 3 aliphatic heterocycles. The summed E-state index contributed by atoms with van der Waals surface area (Å²) >= 11 is 11.9. The zero-order chi connectivity index (χ0) is 78.9. The van der Waals surface area contributed by atoms with Crippen molar-refractivity contribution in [1.29, 1.82) is 0 Å². The van der Waals surface area contributed by atoms with Crippen molar-refractivity contribution in [3.05, 3.63) is 178 Å². The van der Waals surface area contributed by atoms with Gasteiger partial charge in [-0.1, -0.05) is 114 Å². The van der Waals surface area contributed by atoms with Crippen LogP contribution in [0.25, 0.3) is 17.3 Å². The van der Waals surface area contributed by atoms with Crippen LogP contribution in [0.3, 0.4) is 0 Å². The van der Waals surface area contributed by atoms with Gasteiger partial charge in [0, 0.05) is 73.4 Å². The van der Waals surface area contributed by atoms with Gasteiger partial charge in [0.1, 0.15) is 46.4 Å². The van der Waals surface area contributed by atoms with Gasteiger partial charge in [-0.25, -0.2) is 43.5 Å². The number of anilines is 5. The number of rotatable bonds is 20. The number of amides is 3. The third kappa shape index (κ3) is 21.1. The van der Waals surface area contributed by atoms with Crippen LogP contribution in [-0.2, 0) is 30.1 Å². The molecule has 109 heavy (non-hydrogen) atoms. The molecule has 1 aliphatic carbocycles. The van der Waals surface area contributed by atoms with E-state index in [1.807, 2.05) is 29.7 Å². The lowest BCUT2D eigenvalue weighted by molar-refractivity contribution is 0.0972. The zero-order valence-electron chi connectivity index (χ0n) is 62.5. The number of allylic oxidation sites excluding steroid dienone is 1. The molecule has 580 valence electrons. The molecule has 3 saturated heterocycles. The lowest BCUT2D eigenvalue weighted by Gasteiger charge is -2.37. The van der Waals surface area contributed by atoms with E-state index in [1.165, 1.54) is 111 Å². The van der Waals surface area contributed by atoms with E-state index in [9.17, 15) is 44.0 Å². The zero-order valence-corrected chi connectivity index (χ0v) is 66.5. The molecule has 0 radical (unpaired) electrons. The predicted octanol–water partition coefficient (Wildman–Crippen LogP) is 14.2. The molecule has 0 bridgehead atoms. The summed E-state index contributed by atoms with van der Waals surface area (Å²) < 4.78 is 110. The van der Waals surface area contributed by atoms with E-state index in [0.717, 1.165) is 31.4 Å². The van der Waals surface area contributed by atoms with E-state index in [1.54, 1.807) is 54.9 Å². The second kappa shape index (κ2) is 34.6. The number of hydrogen-bond acceptors (Lipinski definition) is 22. The first-order valence-corrected chi connectivity index (χ1v) is 41.3. The molecule has 12 rings (SSSR count). The van der Waals surface area contributed by atoms with Gasteiger partial charge >= 0.3 is 0 Å². The summed E-state index contributed by atoms with van der Waals surface area (Å²) in [5.41, 5.74) is 13.0. The maximum atomic E-state index is 14.5. The fourth-order valence-corrected chi connectivity index (χ4v) is 17.0. The molecule has 0 spiro atoms. The Balaban J connectivity index is 0.000000175. The standard InChI is InChI=1S/C28H34FN5O4S.C26H35N5O3S.C24H24Cl2N4O4S/c1-17(2)16-38-22-13-20(12-21(29)14-22)24-9-8-23(27(31-24)34-11-10-18(3)19(4)15-34)28(35)33-39(36,37)26-7-5-6-25(30)32-26;1-18-15-26(2,3)31(17-18)24-21(14-20(16-28-24)13-12-19-8-5-4-6-9-19)25(32)30-35(33,34)23-11-7-10-22(27)29-23;1-15-13-24(2,3)30(14-15)22-17(6-5-11-27-22)23(31)29-35(32,33)21-8-4-7-20(28-21)34-16-9-10-18(25)19(26)12-16/h5-9,12-14,17-19H,10-11,15-16H2,1-4H3,(H2,30,32)(H,33,35);7,10-14,16,18-19H,4-6,8-9,15,17H2,1-3H3,(H2,27,29)(H,30,32);4-12,15H,13-14H2,1-3H3,(H,29,31)/b;13-12+;. The van der Waals surface area contributed by atoms with Crippen LogP contribution in [-0.4, -0.2) is 117 Å². The molecule has 31 heteroatoms. The Morgan fingerprint density at radius 1 is 0.596 bits per heavy atom. The van der Waals surface area contributed by atoms with E-state index in [2.05, 4.69) is 105 Å². The van der Waals surface area contributed by atoms with Crippen LogP contribution in [0.15, 0.2) is 155 Å². The van der Waals surface area contributed by atoms with Gasteiger partial charge in [0.15, 0.2) is 15.1 Å². The Bertz CT molecular complexity index is 5050. The first kappa shape index (κ1) is 82.0. The van der Waals surface area contributed by atoms with Crippen molar-refractivity contribution in [3.8, 4) is 28.6 Å². The Hall–Kier alpha value is -9.55. The number of piperidine rings is 1. The third-order valence-electron chi connectivity index (χ3n) is 19.3. The molecule has 7 N–H and O–H groups in total. The SMILES string of the molecule is CC(C)COc1cc(F)cc(-c2ccc(C(=O)NS(=O)(=O)c3cccc(N)n3)c(N3CCC(C)C(C)C3)n2)c1.CC1CN(c2ncc(/C=C/C3CCCCC3)cc2C(=O)NS(=O)(=O)c2cccc(N)n2)C(C)(C)C1.CC1CN(c2ncccc2C(=O)NS(=O)(=O)c2cccc(Oc3ccc(Cl)c(Cl)c3)n2)C(C)(C)C1. The van der Waals surface area contributed by atoms with Gasteiger partial charge in [0.2, 0.25) is 5.88 Å². The van der Waals surface area contributed by atoms with Crippen LogP contribution in [0.5, 0.6) is 17.4 Å². The number of pyridine rings is 6. The second-order valence-corrected chi connectivity index (χ2v) is 35.7. The summed E-state index contributed by atoms with van der Waals surface area (Å²) in [6, 6.07) is 29.6. The summed E-state index contributed by atoms with van der Waals surface area (Å²) in [5.74, 6) is 1.63. The van der Waals surface area contributed by atoms with Gasteiger partial charge in [0.25, 0.3) is 47.8 Å². The lowest BCUT2D eigenvalue weighted by Crippen LogP contribution is -2.41. The maximum Gasteiger partial charge on any atom is 0.281 e. The van der Waals surface area contributed by atoms with Crippen molar-refractivity contribution in [2.75, 3.05) is 59.0 Å². The molecule has 4 atom stereocenters. The van der Waals surface area contributed by atoms with Gasteiger partial charge in [-0.05, 0) is 186 Å². The molecule has 6 aromatic heterocycles. The number of aromatic nitrogens is 6. The second-order valence-electron chi connectivity index (χ2n) is 30.0. The van der Waals surface area contributed by atoms with Gasteiger partial charge in [-0.2, -0.15) is 30.2 Å². The van der Waals surface area contributed by atoms with E-state index in [0.29, 0.717) is 101 Å². The van der Waals surface area contributed by atoms with Crippen molar-refractivity contribution in [3.63, 3.8) is 0 Å². The summed E-state index contributed by atoms with van der Waals surface area (Å²) in [5, 5.41) is -0.403. The number of carbonyl (C=O) groups is 3. The quantitative estimate of drug-likeness (QED) is 0.0473. The van der Waals surface area contributed by atoms with Crippen molar-refractivity contribution in [2.45, 2.75) is 147 Å². The number of ether oxygens (including phenoxy) is 2. The Kier molecular flexibility index (Phi) is 26.0. The van der Waals surface area contributed by atoms with Crippen molar-refractivity contribution in [1.82, 2.24) is 44.1 Å². The van der Waals surface area contributed by atoms with Gasteiger partial charge in [-0.15, -0.1) is 0 Å². The molecule has 25 nitrogen and oxygen atoms in total. The number of benzene rings is 2. The highest BCUT2D eigenvalue weighted by Crippen LogP contribution is 2.40. The molecule has 4 aliphatic rings. The Morgan fingerprint density at radius 2 is 1.16 bits per heavy atom. The normalized spacial score (nSPS) is 18.6. The fraction of sp³-hybridized carbons (Fsp3) is 0.397. The lowest BCUT2D eigenvalue weighted by atomic mass is 9.88. The molecule has 1 saturated carbocycles. The third-order valence-corrected chi connectivity index (χ3v) is 23.8.